The van der Waals surface area contributed by atoms with E-state index in [1.54, 1.807) is 41.3 Å². The second-order valence-electron chi connectivity index (χ2n) is 8.27. The molecule has 11 heteroatoms. The number of nitrogens with two attached hydrogens (primary N) is 2. The number of carbonyl (C=O) groups is 4. The van der Waals surface area contributed by atoms with Crippen LogP contribution in [0.25, 0.3) is 0 Å². The van der Waals surface area contributed by atoms with Crippen LogP contribution in [0.2, 0.25) is 0 Å². The van der Waals surface area contributed by atoms with Gasteiger partial charge in [-0.05, 0) is 55.7 Å². The van der Waals surface area contributed by atoms with Crippen molar-refractivity contribution in [2.45, 2.75) is 19.3 Å². The van der Waals surface area contributed by atoms with Gasteiger partial charge in [0.2, 0.25) is 11.8 Å². The van der Waals surface area contributed by atoms with E-state index >= 15 is 0 Å². The van der Waals surface area contributed by atoms with E-state index in [0.717, 1.165) is 12.1 Å². The fourth-order valence-electron chi connectivity index (χ4n) is 3.70. The number of rotatable bonds is 10. The highest BCUT2D eigenvalue weighted by atomic mass is 16.6. The summed E-state index contributed by atoms with van der Waals surface area (Å²) in [5.74, 6) is -1.05. The molecule has 192 valence electrons. The van der Waals surface area contributed by atoms with Gasteiger partial charge in [0.15, 0.2) is 0 Å². The van der Waals surface area contributed by atoms with Crippen molar-refractivity contribution >= 4 is 35.4 Å². The van der Waals surface area contributed by atoms with Crippen molar-refractivity contribution in [3.63, 3.8) is 0 Å². The summed E-state index contributed by atoms with van der Waals surface area (Å²) in [4.78, 5) is 50.5. The molecule has 1 fully saturated rings. The smallest absolute Gasteiger partial charge is 0.411 e. The maximum Gasteiger partial charge on any atom is 0.411 e. The fourth-order valence-corrected chi connectivity index (χ4v) is 3.70. The number of nitrogens with one attached hydrogen (secondary N) is 1. The van der Waals surface area contributed by atoms with Crippen molar-refractivity contribution in [1.82, 2.24) is 4.90 Å². The molecule has 0 spiro atoms. The monoisotopic (exact) mass is 497 g/mol. The number of hydrogen-bond acceptors (Lipinski definition) is 7. The van der Waals surface area contributed by atoms with Gasteiger partial charge in [0, 0.05) is 48.7 Å². The molecule has 3 rings (SSSR count). The van der Waals surface area contributed by atoms with Crippen LogP contribution in [0.4, 0.5) is 21.0 Å². The second-order valence-corrected chi connectivity index (χ2v) is 8.27. The molecular weight excluding hydrogens is 466 g/mol. The summed E-state index contributed by atoms with van der Waals surface area (Å²) in [5.41, 5.74) is 12.6. The third-order valence-electron chi connectivity index (χ3n) is 5.67. The van der Waals surface area contributed by atoms with Gasteiger partial charge in [0.25, 0.3) is 0 Å². The summed E-state index contributed by atoms with van der Waals surface area (Å²) in [6.45, 7) is 2.79. The molecule has 0 radical (unpaired) electrons. The topological polar surface area (TPSA) is 157 Å². The normalized spacial score (nSPS) is 13.1. The molecule has 0 atom stereocenters. The number of benzene rings is 2. The summed E-state index contributed by atoms with van der Waals surface area (Å²) in [6.07, 6.45) is 1.02. The molecule has 1 aliphatic heterocycles. The fraction of sp³-hybridized carbons (Fsp3) is 0.360. The molecule has 0 unspecified atom stereocenters. The largest absolute Gasteiger partial charge is 0.449 e. The van der Waals surface area contributed by atoms with Crippen molar-refractivity contribution in [2.24, 2.45) is 11.5 Å². The number of piperazine rings is 1. The minimum atomic E-state index is -0.622. The van der Waals surface area contributed by atoms with Crippen LogP contribution < -0.4 is 21.7 Å². The molecule has 1 saturated heterocycles. The van der Waals surface area contributed by atoms with E-state index in [2.05, 4.69) is 10.2 Å². The molecule has 4 amide bonds. The van der Waals surface area contributed by atoms with Crippen molar-refractivity contribution in [2.75, 3.05) is 49.6 Å². The second kappa shape index (κ2) is 13.0. The minimum Gasteiger partial charge on any atom is -0.449 e. The van der Waals surface area contributed by atoms with Crippen LogP contribution in [0, 0.1) is 0 Å². The van der Waals surface area contributed by atoms with Gasteiger partial charge < -0.3 is 30.7 Å². The van der Waals surface area contributed by atoms with E-state index in [-0.39, 0.29) is 19.3 Å². The lowest BCUT2D eigenvalue weighted by atomic mass is 10.1. The van der Waals surface area contributed by atoms with Crippen LogP contribution in [0.15, 0.2) is 48.5 Å². The Morgan fingerprint density at radius 3 is 2.06 bits per heavy atom. The van der Waals surface area contributed by atoms with Crippen molar-refractivity contribution in [3.8, 4) is 0 Å². The van der Waals surface area contributed by atoms with Crippen LogP contribution in [-0.4, -0.2) is 68.3 Å². The molecule has 0 aliphatic carbocycles. The third-order valence-corrected chi connectivity index (χ3v) is 5.67. The van der Waals surface area contributed by atoms with Crippen LogP contribution in [0.1, 0.15) is 40.0 Å². The molecular formula is C25H31N5O6. The van der Waals surface area contributed by atoms with Gasteiger partial charge in [0.05, 0.1) is 13.2 Å². The zero-order valence-electron chi connectivity index (χ0n) is 20.0. The predicted molar refractivity (Wildman–Crippen MR) is 134 cm³/mol. The zero-order valence-corrected chi connectivity index (χ0v) is 20.0. The van der Waals surface area contributed by atoms with Gasteiger partial charge >= 0.3 is 12.2 Å². The van der Waals surface area contributed by atoms with Crippen LogP contribution in [0.3, 0.4) is 0 Å². The van der Waals surface area contributed by atoms with E-state index in [4.69, 9.17) is 20.9 Å². The third kappa shape index (κ3) is 7.90. The first-order chi connectivity index (χ1) is 17.3. The number of amides is 4. The Hall–Kier alpha value is -4.28. The molecule has 5 N–H and O–H groups in total. The van der Waals surface area contributed by atoms with Crippen LogP contribution in [0.5, 0.6) is 0 Å². The standard InChI is InChI=1S/C25H31N5O6/c26-22(31)18-6-4-8-20(16-18)28-24(33)35-14-2-1-3-15-36-25(34)30-12-10-29(11-13-30)21-9-5-7-19(17-21)23(27)32/h4-9,16-17H,1-3,10-15H2,(H2,26,31)(H2,27,32)(H,28,33). The average molecular weight is 498 g/mol. The van der Waals surface area contributed by atoms with Crippen molar-refractivity contribution in [3.05, 3.63) is 59.7 Å². The van der Waals surface area contributed by atoms with E-state index in [0.29, 0.717) is 55.8 Å². The summed E-state index contributed by atoms with van der Waals surface area (Å²) < 4.78 is 10.5. The highest BCUT2D eigenvalue weighted by Crippen LogP contribution is 2.18. The van der Waals surface area contributed by atoms with E-state index < -0.39 is 17.9 Å². The molecule has 11 nitrogen and oxygen atoms in total. The molecule has 1 heterocycles. The number of unbranched alkanes of at least 4 members (excludes halogenated alkanes) is 2. The molecule has 1 aliphatic rings. The van der Waals surface area contributed by atoms with Crippen molar-refractivity contribution < 1.29 is 28.7 Å². The Morgan fingerprint density at radius 2 is 1.39 bits per heavy atom. The summed E-state index contributed by atoms with van der Waals surface area (Å²) in [5, 5.41) is 2.54. The first kappa shape index (κ1) is 26.3. The van der Waals surface area contributed by atoms with Gasteiger partial charge in [-0.15, -0.1) is 0 Å². The molecule has 2 aromatic rings. The lowest BCUT2D eigenvalue weighted by Gasteiger charge is -2.35. The van der Waals surface area contributed by atoms with Gasteiger partial charge in [-0.25, -0.2) is 9.59 Å². The molecule has 36 heavy (non-hydrogen) atoms. The lowest BCUT2D eigenvalue weighted by Crippen LogP contribution is -2.49. The van der Waals surface area contributed by atoms with Gasteiger partial charge in [-0.3, -0.25) is 14.9 Å². The number of hydrogen-bond donors (Lipinski definition) is 3. The summed E-state index contributed by atoms with van der Waals surface area (Å²) in [7, 11) is 0. The van der Waals surface area contributed by atoms with Gasteiger partial charge in [-0.2, -0.15) is 0 Å². The Balaban J connectivity index is 1.26. The Bertz CT molecular complexity index is 1080. The highest BCUT2D eigenvalue weighted by Gasteiger charge is 2.22. The molecule has 0 bridgehead atoms. The first-order valence-electron chi connectivity index (χ1n) is 11.7. The summed E-state index contributed by atoms with van der Waals surface area (Å²) >= 11 is 0. The van der Waals surface area contributed by atoms with E-state index in [1.165, 1.54) is 6.07 Å². The van der Waals surface area contributed by atoms with Crippen LogP contribution >= 0.6 is 0 Å². The number of anilines is 2. The maximum atomic E-state index is 12.3. The highest BCUT2D eigenvalue weighted by molar-refractivity contribution is 5.95. The maximum absolute atomic E-state index is 12.3. The molecule has 2 aromatic carbocycles. The quantitative estimate of drug-likeness (QED) is 0.426. The number of primary amides is 2. The van der Waals surface area contributed by atoms with E-state index in [1.807, 2.05) is 6.07 Å². The zero-order chi connectivity index (χ0) is 25.9. The number of carbonyl (C=O) groups excluding carboxylic acids is 4. The Labute approximate surface area is 209 Å². The molecule has 0 aromatic heterocycles. The Kier molecular flexibility index (Phi) is 9.49. The van der Waals surface area contributed by atoms with E-state index in [9.17, 15) is 19.2 Å². The SMILES string of the molecule is NC(=O)c1cccc(NC(=O)OCCCCCOC(=O)N2CCN(c3cccc(C(N)=O)c3)CC2)c1. The van der Waals surface area contributed by atoms with Gasteiger partial charge in [0.1, 0.15) is 0 Å². The predicted octanol–water partition coefficient (Wildman–Crippen LogP) is 2.56. The Morgan fingerprint density at radius 1 is 0.778 bits per heavy atom. The van der Waals surface area contributed by atoms with Crippen molar-refractivity contribution in [1.29, 1.82) is 0 Å². The minimum absolute atomic E-state index is 0.216. The number of ether oxygens (including phenoxy) is 2. The average Bonchev–Trinajstić information content (AvgIpc) is 2.88. The van der Waals surface area contributed by atoms with Gasteiger partial charge in [-0.1, -0.05) is 12.1 Å². The lowest BCUT2D eigenvalue weighted by molar-refractivity contribution is 0.0975. The summed E-state index contributed by atoms with van der Waals surface area (Å²) in [6, 6.07) is 13.4. The first-order valence-corrected chi connectivity index (χ1v) is 11.7. The van der Waals surface area contributed by atoms with Crippen LogP contribution in [-0.2, 0) is 9.47 Å². The number of nitrogens with zero attached hydrogens (tertiary/aromatic N) is 2. The molecule has 0 saturated carbocycles.